The first-order valence-corrected chi connectivity index (χ1v) is 15.0. The summed E-state index contributed by atoms with van der Waals surface area (Å²) in [6, 6.07) is 2.66. The number of carbonyl (C=O) groups excluding carboxylic acids is 3. The lowest BCUT2D eigenvalue weighted by molar-refractivity contribution is -0.142. The van der Waals surface area contributed by atoms with Crippen molar-refractivity contribution in [1.29, 1.82) is 0 Å². The summed E-state index contributed by atoms with van der Waals surface area (Å²) in [4.78, 5) is 69.4. The van der Waals surface area contributed by atoms with Gasteiger partial charge in [-0.3, -0.25) is 24.2 Å². The summed E-state index contributed by atoms with van der Waals surface area (Å²) in [5.41, 5.74) is 18.5. The molecular weight excluding hydrogens is 580 g/mol. The third-order valence-corrected chi connectivity index (χ3v) is 7.18. The highest BCUT2D eigenvalue weighted by molar-refractivity contribution is 7.98. The molecule has 12 N–H and O–H groups in total. The van der Waals surface area contributed by atoms with Gasteiger partial charge in [-0.1, -0.05) is 18.2 Å². The molecule has 15 nitrogen and oxygen atoms in total. The van der Waals surface area contributed by atoms with E-state index >= 15 is 0 Å². The number of thioether (sulfide) groups is 1. The Labute approximate surface area is 252 Å². The molecule has 1 aromatic heterocycles. The van der Waals surface area contributed by atoms with Gasteiger partial charge in [-0.15, -0.1) is 0 Å². The summed E-state index contributed by atoms with van der Waals surface area (Å²) < 4.78 is 0. The van der Waals surface area contributed by atoms with E-state index in [-0.39, 0.29) is 44.6 Å². The molecule has 2 rings (SSSR count). The molecule has 16 heteroatoms. The van der Waals surface area contributed by atoms with Crippen LogP contribution in [0, 0.1) is 0 Å². The number of para-hydroxylation sites is 1. The number of guanidine groups is 1. The van der Waals surface area contributed by atoms with Crippen LogP contribution in [0.1, 0.15) is 37.7 Å². The van der Waals surface area contributed by atoms with Gasteiger partial charge < -0.3 is 48.3 Å². The fourth-order valence-electron chi connectivity index (χ4n) is 4.26. The van der Waals surface area contributed by atoms with E-state index in [1.807, 2.05) is 24.3 Å². The number of aromatic nitrogens is 1. The van der Waals surface area contributed by atoms with Crippen molar-refractivity contribution in [3.63, 3.8) is 0 Å². The van der Waals surface area contributed by atoms with Crippen LogP contribution < -0.4 is 33.2 Å². The lowest BCUT2D eigenvalue weighted by Crippen LogP contribution is -2.57. The van der Waals surface area contributed by atoms with Gasteiger partial charge in [0.25, 0.3) is 0 Å². The van der Waals surface area contributed by atoms with E-state index < -0.39 is 60.2 Å². The molecular formula is C27H40N8O7S. The van der Waals surface area contributed by atoms with Gasteiger partial charge >= 0.3 is 11.9 Å². The van der Waals surface area contributed by atoms with Crippen LogP contribution in [0.15, 0.2) is 35.5 Å². The van der Waals surface area contributed by atoms with Crippen molar-refractivity contribution in [2.75, 3.05) is 18.6 Å². The number of hydrogen-bond acceptors (Lipinski definition) is 8. The molecule has 43 heavy (non-hydrogen) atoms. The van der Waals surface area contributed by atoms with E-state index in [1.165, 1.54) is 11.8 Å². The third-order valence-electron chi connectivity index (χ3n) is 6.53. The highest BCUT2D eigenvalue weighted by atomic mass is 32.2. The average Bonchev–Trinajstić information content (AvgIpc) is 3.36. The van der Waals surface area contributed by atoms with Gasteiger partial charge in [0.2, 0.25) is 17.7 Å². The predicted molar refractivity (Wildman–Crippen MR) is 163 cm³/mol. The Kier molecular flexibility index (Phi) is 14.3. The molecule has 0 radical (unpaired) electrons. The van der Waals surface area contributed by atoms with Crippen molar-refractivity contribution >= 4 is 58.3 Å². The van der Waals surface area contributed by atoms with Gasteiger partial charge in [0.05, 0.1) is 6.04 Å². The molecule has 0 spiro atoms. The Morgan fingerprint density at radius 3 is 2.19 bits per heavy atom. The highest BCUT2D eigenvalue weighted by Crippen LogP contribution is 2.19. The summed E-state index contributed by atoms with van der Waals surface area (Å²) in [6.45, 7) is 0.138. The quantitative estimate of drug-likeness (QED) is 0.0535. The fourth-order valence-corrected chi connectivity index (χ4v) is 4.73. The number of fused-ring (bicyclic) bond motifs is 1. The Hall–Kier alpha value is -4.31. The van der Waals surface area contributed by atoms with Gasteiger partial charge in [-0.05, 0) is 55.7 Å². The van der Waals surface area contributed by atoms with Crippen LogP contribution in [0.25, 0.3) is 10.9 Å². The Morgan fingerprint density at radius 1 is 0.930 bits per heavy atom. The first-order valence-electron chi connectivity index (χ1n) is 13.6. The summed E-state index contributed by atoms with van der Waals surface area (Å²) in [6.07, 6.45) is 3.39. The number of benzene rings is 1. The van der Waals surface area contributed by atoms with Crippen LogP contribution in [0.5, 0.6) is 0 Å². The minimum Gasteiger partial charge on any atom is -0.481 e. The molecule has 4 atom stereocenters. The number of hydrogen-bond donors (Lipinski definition) is 9. The maximum atomic E-state index is 13.3. The summed E-state index contributed by atoms with van der Waals surface area (Å²) in [7, 11) is 0. The van der Waals surface area contributed by atoms with E-state index in [1.54, 1.807) is 12.5 Å². The summed E-state index contributed by atoms with van der Waals surface area (Å²) in [5, 5.41) is 27.1. The number of amides is 3. The van der Waals surface area contributed by atoms with E-state index in [2.05, 4.69) is 25.9 Å². The first-order chi connectivity index (χ1) is 20.4. The number of carboxylic acids is 2. The predicted octanol–water partition coefficient (Wildman–Crippen LogP) is -0.752. The molecule has 0 aliphatic rings. The maximum Gasteiger partial charge on any atom is 0.326 e. The topological polar surface area (TPSA) is 268 Å². The van der Waals surface area contributed by atoms with E-state index in [0.717, 1.165) is 16.5 Å². The van der Waals surface area contributed by atoms with E-state index in [9.17, 15) is 34.2 Å². The lowest BCUT2D eigenvalue weighted by atomic mass is 10.0. The van der Waals surface area contributed by atoms with Gasteiger partial charge in [0.1, 0.15) is 18.1 Å². The van der Waals surface area contributed by atoms with Crippen LogP contribution in [-0.2, 0) is 30.4 Å². The van der Waals surface area contributed by atoms with Crippen LogP contribution >= 0.6 is 11.8 Å². The lowest BCUT2D eigenvalue weighted by Gasteiger charge is -2.25. The van der Waals surface area contributed by atoms with Crippen LogP contribution in [0.2, 0.25) is 0 Å². The molecule has 1 aromatic carbocycles. The largest absolute Gasteiger partial charge is 0.481 e. The van der Waals surface area contributed by atoms with E-state index in [4.69, 9.17) is 17.2 Å². The number of nitrogens with zero attached hydrogens (tertiary/aromatic N) is 1. The molecule has 0 saturated heterocycles. The molecule has 0 fully saturated rings. The second kappa shape index (κ2) is 17.6. The highest BCUT2D eigenvalue weighted by Gasteiger charge is 2.30. The molecule has 236 valence electrons. The van der Waals surface area contributed by atoms with Crippen molar-refractivity contribution < 1.29 is 34.2 Å². The molecule has 4 unspecified atom stereocenters. The maximum absolute atomic E-state index is 13.3. The number of H-pyrrole nitrogens is 1. The van der Waals surface area contributed by atoms with Crippen LogP contribution in [0.4, 0.5) is 0 Å². The molecule has 0 saturated carbocycles. The molecule has 0 aliphatic carbocycles. The van der Waals surface area contributed by atoms with Crippen molar-refractivity contribution in [3.8, 4) is 0 Å². The normalized spacial score (nSPS) is 13.7. The number of carboxylic acid groups (broad SMARTS) is 2. The average molecular weight is 621 g/mol. The monoisotopic (exact) mass is 620 g/mol. The Balaban J connectivity index is 2.18. The molecule has 0 bridgehead atoms. The molecule has 0 aliphatic heterocycles. The number of nitrogens with two attached hydrogens (primary N) is 3. The van der Waals surface area contributed by atoms with Crippen molar-refractivity contribution in [2.45, 2.75) is 62.7 Å². The third kappa shape index (κ3) is 11.8. The van der Waals surface area contributed by atoms with Gasteiger partial charge in [-0.25, -0.2) is 4.79 Å². The minimum absolute atomic E-state index is 0.0306. The number of carbonyl (C=O) groups is 5. The number of rotatable bonds is 19. The van der Waals surface area contributed by atoms with Crippen molar-refractivity contribution in [3.05, 3.63) is 36.0 Å². The second-order valence-corrected chi connectivity index (χ2v) is 10.8. The summed E-state index contributed by atoms with van der Waals surface area (Å²) in [5.74, 6) is -4.39. The fraction of sp³-hybridized carbons (Fsp3) is 0.481. The molecule has 2 aromatic rings. The van der Waals surface area contributed by atoms with E-state index in [0.29, 0.717) is 5.75 Å². The minimum atomic E-state index is -1.34. The number of nitrogens with one attached hydrogen (secondary N) is 4. The second-order valence-electron chi connectivity index (χ2n) is 9.85. The molecule has 3 amide bonds. The number of aliphatic carboxylic acids is 2. The molecule has 1 heterocycles. The van der Waals surface area contributed by atoms with Gasteiger partial charge in [0, 0.05) is 30.1 Å². The Morgan fingerprint density at radius 2 is 1.56 bits per heavy atom. The first kappa shape index (κ1) is 34.9. The Bertz CT molecular complexity index is 1300. The zero-order valence-electron chi connectivity index (χ0n) is 23.9. The smallest absolute Gasteiger partial charge is 0.326 e. The van der Waals surface area contributed by atoms with Crippen molar-refractivity contribution in [2.24, 2.45) is 22.2 Å². The number of aliphatic imine (C=N–C) groups is 1. The SMILES string of the molecule is CSCCC(NC(=O)C(CCCN=C(N)N)NC(=O)C(CCC(=O)O)NC(=O)C(N)Cc1c[nH]c2ccccc12)C(=O)O. The van der Waals surface area contributed by atoms with Crippen molar-refractivity contribution in [1.82, 2.24) is 20.9 Å². The standard InChI is InChI=1S/C27H40N8O7S/c1-43-12-10-21(26(41)42)35-24(39)19(7-4-11-31-27(29)30)34-25(40)20(8-9-22(36)37)33-23(38)17(28)13-15-14-32-18-6-3-2-5-16(15)18/h2-3,5-6,14,17,19-21,32H,4,7-13,28H2,1H3,(H,33,38)(H,34,40)(H,35,39)(H,36,37)(H,41,42)(H4,29,30,31). The van der Waals surface area contributed by atoms with Crippen LogP contribution in [0.3, 0.4) is 0 Å². The number of aromatic amines is 1. The summed E-state index contributed by atoms with van der Waals surface area (Å²) >= 11 is 1.41. The zero-order valence-corrected chi connectivity index (χ0v) is 24.7. The van der Waals surface area contributed by atoms with Gasteiger partial charge in [-0.2, -0.15) is 11.8 Å². The zero-order chi connectivity index (χ0) is 31.9. The van der Waals surface area contributed by atoms with Gasteiger partial charge in [0.15, 0.2) is 5.96 Å². The van der Waals surface area contributed by atoms with Crippen LogP contribution in [-0.4, -0.2) is 93.5 Å².